The van der Waals surface area contributed by atoms with Crippen LogP contribution in [0.5, 0.6) is 0 Å². The van der Waals surface area contributed by atoms with Crippen LogP contribution in [0, 0.1) is 5.92 Å². The van der Waals surface area contributed by atoms with Gasteiger partial charge in [0.05, 0.1) is 0 Å². The van der Waals surface area contributed by atoms with Crippen LogP contribution in [-0.2, 0) is 6.42 Å². The molecule has 16 heavy (non-hydrogen) atoms. The Morgan fingerprint density at radius 2 is 2.06 bits per heavy atom. The van der Waals surface area contributed by atoms with Crippen LogP contribution in [0.3, 0.4) is 0 Å². The standard InChI is InChI=1S/C14H21NO/c16-12-14-8-10-15(11-14)9-4-7-13-5-2-1-3-6-13/h1-3,5-6,14,16H,4,7-12H2. The summed E-state index contributed by atoms with van der Waals surface area (Å²) in [5, 5.41) is 9.06. The largest absolute Gasteiger partial charge is 0.396 e. The third kappa shape index (κ3) is 3.32. The van der Waals surface area contributed by atoms with Crippen LogP contribution >= 0.6 is 0 Å². The highest BCUT2D eigenvalue weighted by molar-refractivity contribution is 5.14. The minimum atomic E-state index is 0.356. The molecule has 88 valence electrons. The first-order valence-electron chi connectivity index (χ1n) is 6.25. The molecule has 0 radical (unpaired) electrons. The van der Waals surface area contributed by atoms with Crippen molar-refractivity contribution in [1.29, 1.82) is 0 Å². The van der Waals surface area contributed by atoms with Crippen molar-refractivity contribution in [2.45, 2.75) is 19.3 Å². The van der Waals surface area contributed by atoms with Gasteiger partial charge in [-0.05, 0) is 43.8 Å². The molecule has 1 aliphatic heterocycles. The molecule has 1 N–H and O–H groups in total. The molecule has 0 bridgehead atoms. The van der Waals surface area contributed by atoms with E-state index in [9.17, 15) is 0 Å². The number of hydrogen-bond donors (Lipinski definition) is 1. The quantitative estimate of drug-likeness (QED) is 0.818. The molecule has 0 aliphatic carbocycles. The van der Waals surface area contributed by atoms with Gasteiger partial charge in [0.15, 0.2) is 0 Å². The van der Waals surface area contributed by atoms with Gasteiger partial charge in [-0.3, -0.25) is 0 Å². The third-order valence-corrected chi connectivity index (χ3v) is 3.41. The molecular formula is C14H21NO. The van der Waals surface area contributed by atoms with Crippen molar-refractivity contribution in [3.05, 3.63) is 35.9 Å². The van der Waals surface area contributed by atoms with Crippen molar-refractivity contribution in [2.24, 2.45) is 5.92 Å². The Hall–Kier alpha value is -0.860. The second kappa shape index (κ2) is 6.02. The average molecular weight is 219 g/mol. The summed E-state index contributed by atoms with van der Waals surface area (Å²) in [6.07, 6.45) is 3.56. The third-order valence-electron chi connectivity index (χ3n) is 3.41. The number of nitrogens with zero attached hydrogens (tertiary/aromatic N) is 1. The van der Waals surface area contributed by atoms with Gasteiger partial charge in [-0.15, -0.1) is 0 Å². The van der Waals surface area contributed by atoms with Crippen molar-refractivity contribution in [2.75, 3.05) is 26.2 Å². The molecule has 2 heteroatoms. The van der Waals surface area contributed by atoms with E-state index < -0.39 is 0 Å². The summed E-state index contributed by atoms with van der Waals surface area (Å²) in [4.78, 5) is 2.48. The van der Waals surface area contributed by atoms with Crippen LogP contribution in [0.25, 0.3) is 0 Å². The van der Waals surface area contributed by atoms with Crippen LogP contribution in [0.2, 0.25) is 0 Å². The van der Waals surface area contributed by atoms with Crippen LogP contribution in [0.15, 0.2) is 30.3 Å². The number of benzene rings is 1. The van der Waals surface area contributed by atoms with Gasteiger partial charge in [-0.2, -0.15) is 0 Å². The van der Waals surface area contributed by atoms with E-state index in [0.717, 1.165) is 6.54 Å². The first-order chi connectivity index (χ1) is 7.88. The Labute approximate surface area is 97.9 Å². The van der Waals surface area contributed by atoms with Crippen LogP contribution in [0.4, 0.5) is 0 Å². The van der Waals surface area contributed by atoms with Crippen molar-refractivity contribution in [3.8, 4) is 0 Å². The van der Waals surface area contributed by atoms with Crippen molar-refractivity contribution in [3.63, 3.8) is 0 Å². The maximum absolute atomic E-state index is 9.06. The second-order valence-corrected chi connectivity index (χ2v) is 4.73. The highest BCUT2D eigenvalue weighted by Gasteiger charge is 2.20. The number of aryl methyl sites for hydroxylation is 1. The van der Waals surface area contributed by atoms with E-state index in [1.807, 2.05) is 0 Å². The predicted octanol–water partition coefficient (Wildman–Crippen LogP) is 1.93. The van der Waals surface area contributed by atoms with Gasteiger partial charge in [-0.1, -0.05) is 30.3 Å². The number of hydrogen-bond acceptors (Lipinski definition) is 2. The maximum atomic E-state index is 9.06. The second-order valence-electron chi connectivity index (χ2n) is 4.73. The summed E-state index contributed by atoms with van der Waals surface area (Å²) in [6.45, 7) is 3.78. The lowest BCUT2D eigenvalue weighted by Gasteiger charge is -2.15. The molecule has 1 atom stereocenters. The first kappa shape index (κ1) is 11.6. The van der Waals surface area contributed by atoms with Crippen LogP contribution in [0.1, 0.15) is 18.4 Å². The lowest BCUT2D eigenvalue weighted by Crippen LogP contribution is -2.23. The lowest BCUT2D eigenvalue weighted by molar-refractivity contribution is 0.221. The number of rotatable bonds is 5. The zero-order valence-corrected chi connectivity index (χ0v) is 9.81. The van der Waals surface area contributed by atoms with E-state index >= 15 is 0 Å². The molecule has 1 aromatic rings. The van der Waals surface area contributed by atoms with Gasteiger partial charge >= 0.3 is 0 Å². The monoisotopic (exact) mass is 219 g/mol. The smallest absolute Gasteiger partial charge is 0.0471 e. The van der Waals surface area contributed by atoms with Gasteiger partial charge in [0, 0.05) is 13.2 Å². The Morgan fingerprint density at radius 3 is 2.75 bits per heavy atom. The van der Waals surface area contributed by atoms with Gasteiger partial charge in [0.25, 0.3) is 0 Å². The zero-order chi connectivity index (χ0) is 11.2. The van der Waals surface area contributed by atoms with Crippen molar-refractivity contribution >= 4 is 0 Å². The highest BCUT2D eigenvalue weighted by Crippen LogP contribution is 2.15. The van der Waals surface area contributed by atoms with E-state index in [1.54, 1.807) is 0 Å². The molecule has 0 aromatic heterocycles. The molecule has 1 heterocycles. The van der Waals surface area contributed by atoms with Gasteiger partial charge in [0.1, 0.15) is 0 Å². The van der Waals surface area contributed by atoms with E-state index in [0.29, 0.717) is 12.5 Å². The van der Waals surface area contributed by atoms with Gasteiger partial charge in [-0.25, -0.2) is 0 Å². The van der Waals surface area contributed by atoms with Crippen LogP contribution < -0.4 is 0 Å². The molecule has 1 aliphatic rings. The van der Waals surface area contributed by atoms with E-state index in [1.165, 1.54) is 37.9 Å². The molecule has 1 aromatic carbocycles. The topological polar surface area (TPSA) is 23.5 Å². The van der Waals surface area contributed by atoms with E-state index in [-0.39, 0.29) is 0 Å². The van der Waals surface area contributed by atoms with E-state index in [2.05, 4.69) is 35.2 Å². The van der Waals surface area contributed by atoms with E-state index in [4.69, 9.17) is 5.11 Å². The highest BCUT2D eigenvalue weighted by atomic mass is 16.3. The SMILES string of the molecule is OCC1CCN(CCCc2ccccc2)C1. The average Bonchev–Trinajstić information content (AvgIpc) is 2.78. The number of likely N-dealkylation sites (tertiary alicyclic amines) is 1. The Kier molecular flexibility index (Phi) is 4.37. The fraction of sp³-hybridized carbons (Fsp3) is 0.571. The summed E-state index contributed by atoms with van der Waals surface area (Å²) >= 11 is 0. The number of aliphatic hydroxyl groups is 1. The normalized spacial score (nSPS) is 21.4. The first-order valence-corrected chi connectivity index (χ1v) is 6.25. The molecule has 2 rings (SSSR count). The van der Waals surface area contributed by atoms with Gasteiger partial charge < -0.3 is 10.0 Å². The van der Waals surface area contributed by atoms with Gasteiger partial charge in [0.2, 0.25) is 0 Å². The predicted molar refractivity (Wildman–Crippen MR) is 66.4 cm³/mol. The molecule has 0 spiro atoms. The fourth-order valence-electron chi connectivity index (χ4n) is 2.42. The Morgan fingerprint density at radius 1 is 1.25 bits per heavy atom. The summed E-state index contributed by atoms with van der Waals surface area (Å²) in [6, 6.07) is 10.7. The van der Waals surface area contributed by atoms with Crippen LogP contribution in [-0.4, -0.2) is 36.2 Å². The zero-order valence-electron chi connectivity index (χ0n) is 9.81. The summed E-state index contributed by atoms with van der Waals surface area (Å²) < 4.78 is 0. The lowest BCUT2D eigenvalue weighted by atomic mass is 10.1. The molecule has 1 saturated heterocycles. The molecule has 0 saturated carbocycles. The van der Waals surface area contributed by atoms with Crippen molar-refractivity contribution < 1.29 is 5.11 Å². The maximum Gasteiger partial charge on any atom is 0.0471 e. The molecule has 2 nitrogen and oxygen atoms in total. The minimum Gasteiger partial charge on any atom is -0.396 e. The Balaban J connectivity index is 1.65. The minimum absolute atomic E-state index is 0.356. The summed E-state index contributed by atoms with van der Waals surface area (Å²) in [7, 11) is 0. The molecule has 1 fully saturated rings. The molecule has 1 unspecified atom stereocenters. The van der Waals surface area contributed by atoms with Crippen molar-refractivity contribution in [1.82, 2.24) is 4.90 Å². The molecular weight excluding hydrogens is 198 g/mol. The fourth-order valence-corrected chi connectivity index (χ4v) is 2.42. The summed E-state index contributed by atoms with van der Waals surface area (Å²) in [5.41, 5.74) is 1.43. The number of aliphatic hydroxyl groups excluding tert-OH is 1. The molecule has 0 amide bonds. The summed E-state index contributed by atoms with van der Waals surface area (Å²) in [5.74, 6) is 0.525. The Bertz CT molecular complexity index is 299.